The van der Waals surface area contributed by atoms with E-state index in [0.717, 1.165) is 58.7 Å². The number of anilines is 1. The number of esters is 1. The summed E-state index contributed by atoms with van der Waals surface area (Å²) >= 11 is 1.53. The second-order valence-electron chi connectivity index (χ2n) is 9.71. The van der Waals surface area contributed by atoms with Crippen molar-refractivity contribution in [2.45, 2.75) is 31.9 Å². The topological polar surface area (TPSA) is 55.4 Å². The number of hydrogen-bond donors (Lipinski definition) is 1. The number of ketones is 1. The van der Waals surface area contributed by atoms with Crippen molar-refractivity contribution >= 4 is 28.8 Å². The van der Waals surface area contributed by atoms with Crippen molar-refractivity contribution in [3.63, 3.8) is 0 Å². The molecule has 3 saturated heterocycles. The molecule has 3 aliphatic heterocycles. The number of carbonyl (C=O) groups is 2. The zero-order chi connectivity index (χ0) is 23.5. The minimum atomic E-state index is -0.580. The zero-order valence-electron chi connectivity index (χ0n) is 19.9. The third-order valence-corrected chi connectivity index (χ3v) is 8.34. The number of para-hydroxylation sites is 1. The van der Waals surface area contributed by atoms with Crippen molar-refractivity contribution in [1.82, 2.24) is 0 Å². The lowest BCUT2D eigenvalue weighted by molar-refractivity contribution is -0.938. The molecule has 1 N–H and O–H groups in total. The van der Waals surface area contributed by atoms with Gasteiger partial charge in [0.05, 0.1) is 18.0 Å². The van der Waals surface area contributed by atoms with Crippen molar-refractivity contribution in [1.29, 1.82) is 0 Å². The van der Waals surface area contributed by atoms with Crippen LogP contribution in [0.2, 0.25) is 0 Å². The molecule has 1 aromatic heterocycles. The summed E-state index contributed by atoms with van der Waals surface area (Å²) < 4.78 is 6.93. The molecule has 0 aliphatic carbocycles. The zero-order valence-corrected chi connectivity index (χ0v) is 22.3. The summed E-state index contributed by atoms with van der Waals surface area (Å²) in [6.45, 7) is 5.21. The van der Waals surface area contributed by atoms with E-state index in [9.17, 15) is 9.59 Å². The van der Waals surface area contributed by atoms with Crippen LogP contribution in [0.3, 0.4) is 0 Å². The molecule has 0 amide bonds. The van der Waals surface area contributed by atoms with Crippen LogP contribution in [0, 0.1) is 12.8 Å². The number of halogens is 1. The van der Waals surface area contributed by atoms with Crippen LogP contribution in [0.4, 0.5) is 5.69 Å². The fourth-order valence-corrected chi connectivity index (χ4v) is 6.21. The molecular formula is C28H31BrN2O3S. The number of benzene rings is 2. The summed E-state index contributed by atoms with van der Waals surface area (Å²) in [4.78, 5) is 27.3. The fourth-order valence-electron chi connectivity index (χ4n) is 5.38. The van der Waals surface area contributed by atoms with E-state index in [2.05, 4.69) is 5.32 Å². The van der Waals surface area contributed by atoms with Gasteiger partial charge in [-0.1, -0.05) is 48.5 Å². The summed E-state index contributed by atoms with van der Waals surface area (Å²) in [5.41, 5.74) is 2.89. The van der Waals surface area contributed by atoms with Crippen LogP contribution in [-0.4, -0.2) is 48.5 Å². The number of piperidine rings is 3. The molecule has 0 radical (unpaired) electrons. The van der Waals surface area contributed by atoms with Gasteiger partial charge in [-0.25, -0.2) is 4.79 Å². The average Bonchev–Trinajstić information content (AvgIpc) is 3.31. The molecule has 1 unspecified atom stereocenters. The maximum absolute atomic E-state index is 13.5. The molecule has 184 valence electrons. The van der Waals surface area contributed by atoms with Gasteiger partial charge in [-0.15, -0.1) is 11.3 Å². The lowest BCUT2D eigenvalue weighted by atomic mass is 9.83. The van der Waals surface area contributed by atoms with E-state index in [0.29, 0.717) is 12.5 Å². The monoisotopic (exact) mass is 554 g/mol. The first-order chi connectivity index (χ1) is 16.5. The van der Waals surface area contributed by atoms with Crippen LogP contribution in [0.5, 0.6) is 0 Å². The van der Waals surface area contributed by atoms with E-state index >= 15 is 0 Å². The van der Waals surface area contributed by atoms with Crippen molar-refractivity contribution in [3.05, 3.63) is 88.1 Å². The number of Topliss-reactive ketones (excluding diaryl/α,β-unsaturated/α-hetero) is 1. The largest absolute Gasteiger partial charge is 1.00 e. The predicted octanol–water partition coefficient (Wildman–Crippen LogP) is 2.25. The SMILES string of the molecule is Cc1csc(C(=O)C[N+]23CCC(CC2)[C@@H](OC(=O)C(Nc2ccccc2)c2ccccc2)C3)c1.[Br-]. The summed E-state index contributed by atoms with van der Waals surface area (Å²) in [5, 5.41) is 5.39. The van der Waals surface area contributed by atoms with E-state index in [4.69, 9.17) is 4.74 Å². The number of fused-ring (bicyclic) bond motifs is 3. The Morgan fingerprint density at radius 1 is 1.06 bits per heavy atom. The standard InChI is InChI=1S/C28H31N2O3S.BrH/c1-20-16-26(34-19-20)24(31)17-30-14-12-21(13-15-30)25(18-30)33-28(32)27(22-8-4-2-5-9-22)29-23-10-6-3-7-11-23;/h2-11,16,19,21,25,27,29H,12-15,17-18H2,1H3;1H/q+1;/p-1/t21?,25-,27?,30?;/m0./s1. The normalized spacial score (nSPS) is 23.7. The van der Waals surface area contributed by atoms with Gasteiger partial charge in [0.2, 0.25) is 5.78 Å². The maximum atomic E-state index is 13.5. The van der Waals surface area contributed by atoms with Gasteiger partial charge >= 0.3 is 5.97 Å². The van der Waals surface area contributed by atoms with Gasteiger partial charge < -0.3 is 31.5 Å². The Labute approximate surface area is 221 Å². The number of rotatable bonds is 8. The first kappa shape index (κ1) is 25.6. The molecule has 2 atom stereocenters. The Morgan fingerprint density at radius 3 is 2.34 bits per heavy atom. The quantitative estimate of drug-likeness (QED) is 0.263. The van der Waals surface area contributed by atoms with Crippen molar-refractivity contribution < 1.29 is 35.8 Å². The molecule has 3 fully saturated rings. The van der Waals surface area contributed by atoms with E-state index in [1.807, 2.05) is 79.0 Å². The Balaban J connectivity index is 0.00000289. The second kappa shape index (κ2) is 11.1. The first-order valence-electron chi connectivity index (χ1n) is 12.0. The number of nitrogens with one attached hydrogen (secondary N) is 1. The van der Waals surface area contributed by atoms with Crippen LogP contribution >= 0.6 is 11.3 Å². The van der Waals surface area contributed by atoms with E-state index in [-0.39, 0.29) is 34.8 Å². The molecule has 3 aliphatic rings. The Hall–Kier alpha value is -2.48. The maximum Gasteiger partial charge on any atom is 0.333 e. The van der Waals surface area contributed by atoms with E-state index in [1.165, 1.54) is 11.3 Å². The van der Waals surface area contributed by atoms with Crippen molar-refractivity contribution in [2.75, 3.05) is 31.5 Å². The van der Waals surface area contributed by atoms with Gasteiger partial charge in [0.25, 0.3) is 0 Å². The van der Waals surface area contributed by atoms with Crippen LogP contribution in [0.15, 0.2) is 72.1 Å². The number of thiophene rings is 1. The highest BCUT2D eigenvalue weighted by molar-refractivity contribution is 7.12. The van der Waals surface area contributed by atoms with Crippen LogP contribution < -0.4 is 22.3 Å². The molecule has 6 rings (SSSR count). The summed E-state index contributed by atoms with van der Waals surface area (Å²) in [6, 6.07) is 20.9. The molecule has 2 aromatic carbocycles. The van der Waals surface area contributed by atoms with Crippen LogP contribution in [-0.2, 0) is 9.53 Å². The van der Waals surface area contributed by atoms with Gasteiger partial charge in [-0.05, 0) is 41.6 Å². The number of ether oxygens (including phenoxy) is 1. The summed E-state index contributed by atoms with van der Waals surface area (Å²) in [7, 11) is 0. The van der Waals surface area contributed by atoms with Gasteiger partial charge in [-0.2, -0.15) is 0 Å². The van der Waals surface area contributed by atoms with E-state index in [1.54, 1.807) is 0 Å². The third-order valence-electron chi connectivity index (χ3n) is 7.25. The molecular weight excluding hydrogens is 524 g/mol. The molecule has 2 bridgehead atoms. The first-order valence-corrected chi connectivity index (χ1v) is 12.9. The third kappa shape index (κ3) is 5.85. The van der Waals surface area contributed by atoms with Gasteiger partial charge in [0.1, 0.15) is 13.1 Å². The summed E-state index contributed by atoms with van der Waals surface area (Å²) in [6.07, 6.45) is 1.84. The summed E-state index contributed by atoms with van der Waals surface area (Å²) in [5.74, 6) is 0.319. The molecule has 0 spiro atoms. The molecule has 4 heterocycles. The molecule has 35 heavy (non-hydrogen) atoms. The highest BCUT2D eigenvalue weighted by atomic mass is 79.9. The predicted molar refractivity (Wildman–Crippen MR) is 135 cm³/mol. The van der Waals surface area contributed by atoms with Crippen molar-refractivity contribution in [2.24, 2.45) is 5.92 Å². The lowest BCUT2D eigenvalue weighted by Crippen LogP contribution is -3.00. The Bertz CT molecular complexity index is 1140. The van der Waals surface area contributed by atoms with Gasteiger partial charge in [-0.3, -0.25) is 4.79 Å². The van der Waals surface area contributed by atoms with Gasteiger partial charge in [0, 0.05) is 24.4 Å². The lowest BCUT2D eigenvalue weighted by Gasteiger charge is -2.51. The number of quaternary nitrogens is 1. The highest BCUT2D eigenvalue weighted by Crippen LogP contribution is 2.37. The van der Waals surface area contributed by atoms with Crippen LogP contribution in [0.1, 0.15) is 39.7 Å². The number of aryl methyl sites for hydroxylation is 1. The van der Waals surface area contributed by atoms with Crippen LogP contribution in [0.25, 0.3) is 0 Å². The fraction of sp³-hybridized carbons (Fsp3) is 0.357. The highest BCUT2D eigenvalue weighted by Gasteiger charge is 2.49. The average molecular weight is 556 g/mol. The Kier molecular flexibility index (Phi) is 8.09. The van der Waals surface area contributed by atoms with Crippen molar-refractivity contribution in [3.8, 4) is 0 Å². The Morgan fingerprint density at radius 2 is 1.71 bits per heavy atom. The smallest absolute Gasteiger partial charge is 0.333 e. The molecule has 5 nitrogen and oxygen atoms in total. The number of hydrogen-bond acceptors (Lipinski definition) is 5. The molecule has 0 saturated carbocycles. The molecule has 3 aromatic rings. The minimum absolute atomic E-state index is 0. The number of nitrogens with zero attached hydrogens (tertiary/aromatic N) is 1. The second-order valence-corrected chi connectivity index (χ2v) is 10.6. The number of carbonyl (C=O) groups excluding carboxylic acids is 2. The van der Waals surface area contributed by atoms with E-state index < -0.39 is 6.04 Å². The van der Waals surface area contributed by atoms with Gasteiger partial charge in [0.15, 0.2) is 12.1 Å². The minimum Gasteiger partial charge on any atom is -1.00 e. The molecule has 7 heteroatoms.